The van der Waals surface area contributed by atoms with Gasteiger partial charge >= 0.3 is 0 Å². The third kappa shape index (κ3) is 4.25. The number of rotatable bonds is 6. The second-order valence-electron chi connectivity index (χ2n) is 6.83. The minimum atomic E-state index is -0.277. The molecule has 0 aliphatic heterocycles. The smallest absolute Gasteiger partial charge is 0.272 e. The molecule has 3 rings (SSSR count). The maximum Gasteiger partial charge on any atom is 0.272 e. The van der Waals surface area contributed by atoms with E-state index in [1.165, 1.54) is 32.1 Å². The van der Waals surface area contributed by atoms with Crippen LogP contribution in [0, 0.1) is 0 Å². The first kappa shape index (κ1) is 17.6. The van der Waals surface area contributed by atoms with Gasteiger partial charge in [-0.25, -0.2) is 5.10 Å². The van der Waals surface area contributed by atoms with Gasteiger partial charge in [0.15, 0.2) is 5.69 Å². The van der Waals surface area contributed by atoms with Crippen molar-refractivity contribution in [2.75, 3.05) is 20.1 Å². The number of hydrogen-bond acceptors (Lipinski definition) is 4. The third-order valence-corrected chi connectivity index (χ3v) is 5.08. The standard InChI is InChI=1S/C19H26N4O2/c1-23(14-8-3-2-4-9-14)13-7-12-20-19(25)17-15-10-5-6-11-16(15)18(24)22-21-17/h5-6,10-11,14H,2-4,7-9,12-13H2,1H3,(H,20,25)(H,22,24). The summed E-state index contributed by atoms with van der Waals surface area (Å²) < 4.78 is 0. The normalized spacial score (nSPS) is 15.6. The lowest BCUT2D eigenvalue weighted by Crippen LogP contribution is -2.36. The summed E-state index contributed by atoms with van der Waals surface area (Å²) in [4.78, 5) is 26.6. The Balaban J connectivity index is 1.53. The molecule has 6 nitrogen and oxygen atoms in total. The summed E-state index contributed by atoms with van der Waals surface area (Å²) in [6, 6.07) is 7.73. The van der Waals surface area contributed by atoms with E-state index in [1.54, 1.807) is 24.3 Å². The van der Waals surface area contributed by atoms with E-state index in [4.69, 9.17) is 0 Å². The Kier molecular flexibility index (Phi) is 5.81. The summed E-state index contributed by atoms with van der Waals surface area (Å²) in [5, 5.41) is 10.3. The molecule has 2 aromatic rings. The Morgan fingerprint density at radius 1 is 1.24 bits per heavy atom. The number of carbonyl (C=O) groups excluding carboxylic acids is 1. The summed E-state index contributed by atoms with van der Waals surface area (Å²) >= 11 is 0. The van der Waals surface area contributed by atoms with Crippen LogP contribution in [0.5, 0.6) is 0 Å². The van der Waals surface area contributed by atoms with Crippen molar-refractivity contribution in [1.82, 2.24) is 20.4 Å². The summed E-state index contributed by atoms with van der Waals surface area (Å²) in [5.74, 6) is -0.243. The lowest BCUT2D eigenvalue weighted by Gasteiger charge is -2.31. The number of carbonyl (C=O) groups is 1. The number of H-pyrrole nitrogens is 1. The van der Waals surface area contributed by atoms with Gasteiger partial charge in [-0.1, -0.05) is 37.5 Å². The quantitative estimate of drug-likeness (QED) is 0.790. The predicted octanol–water partition coefficient (Wildman–Crippen LogP) is 2.31. The Morgan fingerprint density at radius 3 is 2.72 bits per heavy atom. The van der Waals surface area contributed by atoms with Crippen LogP contribution >= 0.6 is 0 Å². The molecule has 0 bridgehead atoms. The number of aromatic nitrogens is 2. The molecule has 25 heavy (non-hydrogen) atoms. The van der Waals surface area contributed by atoms with Crippen LogP contribution in [0.4, 0.5) is 0 Å². The number of aromatic amines is 1. The number of amides is 1. The van der Waals surface area contributed by atoms with E-state index in [0.717, 1.165) is 13.0 Å². The molecule has 0 radical (unpaired) electrons. The number of benzene rings is 1. The van der Waals surface area contributed by atoms with Crippen LogP contribution in [0.3, 0.4) is 0 Å². The van der Waals surface area contributed by atoms with Crippen molar-refractivity contribution in [1.29, 1.82) is 0 Å². The SMILES string of the molecule is CN(CCCNC(=O)c1n[nH]c(=O)c2ccccc12)C1CCCCC1. The maximum atomic E-state index is 12.4. The molecular formula is C19H26N4O2. The monoisotopic (exact) mass is 342 g/mol. The Labute approximate surface area is 147 Å². The molecule has 0 saturated heterocycles. The fraction of sp³-hybridized carbons (Fsp3) is 0.526. The van der Waals surface area contributed by atoms with Gasteiger partial charge in [0.05, 0.1) is 5.39 Å². The van der Waals surface area contributed by atoms with E-state index in [-0.39, 0.29) is 17.2 Å². The van der Waals surface area contributed by atoms with Crippen molar-refractivity contribution in [3.63, 3.8) is 0 Å². The minimum Gasteiger partial charge on any atom is -0.351 e. The fourth-order valence-corrected chi connectivity index (χ4v) is 3.61. The first-order chi connectivity index (χ1) is 12.2. The van der Waals surface area contributed by atoms with Gasteiger partial charge in [0.2, 0.25) is 0 Å². The molecule has 2 N–H and O–H groups in total. The Hall–Kier alpha value is -2.21. The van der Waals surface area contributed by atoms with Gasteiger partial charge in [-0.2, -0.15) is 5.10 Å². The van der Waals surface area contributed by atoms with Crippen molar-refractivity contribution in [2.24, 2.45) is 0 Å². The molecule has 1 saturated carbocycles. The zero-order chi connectivity index (χ0) is 17.6. The lowest BCUT2D eigenvalue weighted by molar-refractivity contribution is 0.0946. The second kappa shape index (κ2) is 8.25. The minimum absolute atomic E-state index is 0.243. The largest absolute Gasteiger partial charge is 0.351 e. The number of nitrogens with one attached hydrogen (secondary N) is 2. The van der Waals surface area contributed by atoms with Crippen molar-refractivity contribution in [3.05, 3.63) is 40.3 Å². The van der Waals surface area contributed by atoms with E-state index in [1.807, 2.05) is 0 Å². The van der Waals surface area contributed by atoms with Crippen LogP contribution in [0.25, 0.3) is 10.8 Å². The highest BCUT2D eigenvalue weighted by atomic mass is 16.2. The summed E-state index contributed by atoms with van der Waals surface area (Å²) in [5.41, 5.74) is -0.00269. The van der Waals surface area contributed by atoms with Crippen LogP contribution in [-0.4, -0.2) is 47.2 Å². The van der Waals surface area contributed by atoms with Gasteiger partial charge in [-0.3, -0.25) is 9.59 Å². The molecule has 1 aromatic carbocycles. The molecular weight excluding hydrogens is 316 g/mol. The molecule has 0 spiro atoms. The van der Waals surface area contributed by atoms with Crippen molar-refractivity contribution in [2.45, 2.75) is 44.6 Å². The lowest BCUT2D eigenvalue weighted by atomic mass is 9.94. The molecule has 1 heterocycles. The third-order valence-electron chi connectivity index (χ3n) is 5.08. The summed E-state index contributed by atoms with van der Waals surface area (Å²) in [6.45, 7) is 1.58. The molecule has 0 atom stereocenters. The summed E-state index contributed by atoms with van der Waals surface area (Å²) in [7, 11) is 2.18. The van der Waals surface area contributed by atoms with Crippen LogP contribution in [-0.2, 0) is 0 Å². The zero-order valence-electron chi connectivity index (χ0n) is 14.8. The average Bonchev–Trinajstić information content (AvgIpc) is 2.66. The molecule has 134 valence electrons. The van der Waals surface area contributed by atoms with Gasteiger partial charge in [-0.05, 0) is 38.9 Å². The molecule has 1 aliphatic carbocycles. The topological polar surface area (TPSA) is 78.1 Å². The van der Waals surface area contributed by atoms with Gasteiger partial charge in [0.1, 0.15) is 0 Å². The maximum absolute atomic E-state index is 12.4. The van der Waals surface area contributed by atoms with Crippen LogP contribution in [0.2, 0.25) is 0 Å². The van der Waals surface area contributed by atoms with E-state index < -0.39 is 0 Å². The molecule has 1 amide bonds. The Morgan fingerprint density at radius 2 is 1.96 bits per heavy atom. The molecule has 1 aromatic heterocycles. The van der Waals surface area contributed by atoms with Crippen LogP contribution in [0.15, 0.2) is 29.1 Å². The first-order valence-electron chi connectivity index (χ1n) is 9.12. The van der Waals surface area contributed by atoms with E-state index in [9.17, 15) is 9.59 Å². The number of fused-ring (bicyclic) bond motifs is 1. The zero-order valence-corrected chi connectivity index (χ0v) is 14.8. The summed E-state index contributed by atoms with van der Waals surface area (Å²) in [6.07, 6.45) is 7.50. The molecule has 1 aliphatic rings. The van der Waals surface area contributed by atoms with E-state index >= 15 is 0 Å². The second-order valence-corrected chi connectivity index (χ2v) is 6.83. The molecule has 1 fully saturated rings. The fourth-order valence-electron chi connectivity index (χ4n) is 3.61. The molecule has 6 heteroatoms. The first-order valence-corrected chi connectivity index (χ1v) is 9.12. The number of nitrogens with zero attached hydrogens (tertiary/aromatic N) is 2. The van der Waals surface area contributed by atoms with Gasteiger partial charge in [0.25, 0.3) is 11.5 Å². The number of hydrogen-bond donors (Lipinski definition) is 2. The van der Waals surface area contributed by atoms with Crippen LogP contribution < -0.4 is 10.9 Å². The Bertz CT molecular complexity index is 780. The highest BCUT2D eigenvalue weighted by Gasteiger charge is 2.18. The average molecular weight is 342 g/mol. The van der Waals surface area contributed by atoms with Gasteiger partial charge < -0.3 is 10.2 Å². The van der Waals surface area contributed by atoms with Gasteiger partial charge in [-0.15, -0.1) is 0 Å². The van der Waals surface area contributed by atoms with E-state index in [2.05, 4.69) is 27.5 Å². The molecule has 0 unspecified atom stereocenters. The highest BCUT2D eigenvalue weighted by molar-refractivity contribution is 6.04. The van der Waals surface area contributed by atoms with Crippen LogP contribution in [0.1, 0.15) is 49.0 Å². The van der Waals surface area contributed by atoms with E-state index in [0.29, 0.717) is 23.4 Å². The van der Waals surface area contributed by atoms with Crippen molar-refractivity contribution >= 4 is 16.7 Å². The van der Waals surface area contributed by atoms with Crippen molar-refractivity contribution in [3.8, 4) is 0 Å². The highest BCUT2D eigenvalue weighted by Crippen LogP contribution is 2.21. The van der Waals surface area contributed by atoms with Gasteiger partial charge in [0, 0.05) is 18.0 Å². The predicted molar refractivity (Wildman–Crippen MR) is 98.8 cm³/mol. The van der Waals surface area contributed by atoms with Crippen molar-refractivity contribution < 1.29 is 4.79 Å².